The second-order valence-electron chi connectivity index (χ2n) is 3.15. The Morgan fingerprint density at radius 3 is 2.44 bits per heavy atom. The molecule has 2 N–H and O–H groups in total. The molecule has 0 unspecified atom stereocenters. The maximum atomic E-state index is 10.9. The molecule has 0 saturated heterocycles. The molecule has 1 aromatic rings. The van der Waals surface area contributed by atoms with E-state index < -0.39 is 17.2 Å². The summed E-state index contributed by atoms with van der Waals surface area (Å²) < 4.78 is 0. The molecule has 86 valence electrons. The molecule has 0 heterocycles. The van der Waals surface area contributed by atoms with Crippen LogP contribution in [0.2, 0.25) is 0 Å². The SMILES string of the molecule is CC[C@H](Sc1ccccc1C(=O)O)C(=O)O. The molecule has 4 nitrogen and oxygen atoms in total. The van der Waals surface area contributed by atoms with Gasteiger partial charge >= 0.3 is 11.9 Å². The second-order valence-corrected chi connectivity index (χ2v) is 4.40. The van der Waals surface area contributed by atoms with Crippen LogP contribution in [0, 0.1) is 0 Å². The number of hydrogen-bond acceptors (Lipinski definition) is 3. The van der Waals surface area contributed by atoms with Gasteiger partial charge < -0.3 is 10.2 Å². The minimum Gasteiger partial charge on any atom is -0.480 e. The molecule has 0 bridgehead atoms. The Bertz CT molecular complexity index is 403. The van der Waals surface area contributed by atoms with Crippen LogP contribution in [0.5, 0.6) is 0 Å². The maximum absolute atomic E-state index is 10.9. The fourth-order valence-corrected chi connectivity index (χ4v) is 2.22. The number of carboxylic acids is 2. The van der Waals surface area contributed by atoms with Gasteiger partial charge in [-0.25, -0.2) is 4.79 Å². The van der Waals surface area contributed by atoms with Gasteiger partial charge in [-0.1, -0.05) is 19.1 Å². The van der Waals surface area contributed by atoms with E-state index in [1.54, 1.807) is 25.1 Å². The average molecular weight is 240 g/mol. The van der Waals surface area contributed by atoms with Gasteiger partial charge in [0.25, 0.3) is 0 Å². The van der Waals surface area contributed by atoms with Gasteiger partial charge in [-0.3, -0.25) is 4.79 Å². The molecule has 1 atom stereocenters. The first-order chi connectivity index (χ1) is 7.56. The Labute approximate surface area is 97.3 Å². The number of benzene rings is 1. The van der Waals surface area contributed by atoms with Crippen LogP contribution in [-0.2, 0) is 4.79 Å². The molecule has 0 saturated carbocycles. The van der Waals surface area contributed by atoms with Crippen LogP contribution in [0.1, 0.15) is 23.7 Å². The number of aliphatic carboxylic acids is 1. The van der Waals surface area contributed by atoms with Gasteiger partial charge in [0.2, 0.25) is 0 Å². The lowest BCUT2D eigenvalue weighted by Crippen LogP contribution is -2.15. The molecule has 1 rings (SSSR count). The summed E-state index contributed by atoms with van der Waals surface area (Å²) in [6.07, 6.45) is 0.452. The van der Waals surface area contributed by atoms with Crippen molar-refractivity contribution in [3.63, 3.8) is 0 Å². The summed E-state index contributed by atoms with van der Waals surface area (Å²) in [5.74, 6) is -1.96. The molecule has 0 fully saturated rings. The predicted molar refractivity (Wildman–Crippen MR) is 61.0 cm³/mol. The fourth-order valence-electron chi connectivity index (χ4n) is 1.21. The van der Waals surface area contributed by atoms with E-state index in [-0.39, 0.29) is 5.56 Å². The van der Waals surface area contributed by atoms with Crippen molar-refractivity contribution < 1.29 is 19.8 Å². The highest BCUT2D eigenvalue weighted by atomic mass is 32.2. The van der Waals surface area contributed by atoms with E-state index in [0.29, 0.717) is 11.3 Å². The summed E-state index contributed by atoms with van der Waals surface area (Å²) in [5, 5.41) is 17.2. The minimum absolute atomic E-state index is 0.146. The van der Waals surface area contributed by atoms with Crippen molar-refractivity contribution in [3.05, 3.63) is 29.8 Å². The van der Waals surface area contributed by atoms with Crippen LogP contribution in [0.15, 0.2) is 29.2 Å². The molecule has 0 radical (unpaired) electrons. The Hall–Kier alpha value is -1.49. The largest absolute Gasteiger partial charge is 0.480 e. The highest BCUT2D eigenvalue weighted by Gasteiger charge is 2.19. The Morgan fingerprint density at radius 2 is 1.94 bits per heavy atom. The minimum atomic E-state index is -1.04. The van der Waals surface area contributed by atoms with Crippen LogP contribution in [0.4, 0.5) is 0 Å². The van der Waals surface area contributed by atoms with Crippen LogP contribution >= 0.6 is 11.8 Å². The van der Waals surface area contributed by atoms with Crippen molar-refractivity contribution in [2.24, 2.45) is 0 Å². The molecular formula is C11H12O4S. The van der Waals surface area contributed by atoms with E-state index in [1.165, 1.54) is 6.07 Å². The lowest BCUT2D eigenvalue weighted by molar-refractivity contribution is -0.136. The van der Waals surface area contributed by atoms with Gasteiger partial charge in [0, 0.05) is 4.90 Å². The Balaban J connectivity index is 2.95. The molecule has 0 aromatic heterocycles. The summed E-state index contributed by atoms with van der Waals surface area (Å²) >= 11 is 1.07. The Kier molecular flexibility index (Phi) is 4.37. The van der Waals surface area contributed by atoms with Crippen molar-refractivity contribution >= 4 is 23.7 Å². The molecular weight excluding hydrogens is 228 g/mol. The first-order valence-electron chi connectivity index (χ1n) is 4.78. The number of carbonyl (C=O) groups is 2. The third-order valence-electron chi connectivity index (χ3n) is 2.03. The van der Waals surface area contributed by atoms with Gasteiger partial charge in [0.05, 0.1) is 5.56 Å². The first kappa shape index (κ1) is 12.6. The van der Waals surface area contributed by atoms with Gasteiger partial charge in [-0.05, 0) is 18.6 Å². The van der Waals surface area contributed by atoms with Crippen molar-refractivity contribution in [2.75, 3.05) is 0 Å². The lowest BCUT2D eigenvalue weighted by atomic mass is 10.2. The van der Waals surface area contributed by atoms with Crippen molar-refractivity contribution in [2.45, 2.75) is 23.5 Å². The molecule has 5 heteroatoms. The third-order valence-corrected chi connectivity index (χ3v) is 3.46. The van der Waals surface area contributed by atoms with Gasteiger partial charge in [-0.2, -0.15) is 0 Å². The van der Waals surface area contributed by atoms with E-state index in [2.05, 4.69) is 0 Å². The summed E-state index contributed by atoms with van der Waals surface area (Å²) in [6.45, 7) is 1.76. The maximum Gasteiger partial charge on any atom is 0.336 e. The summed E-state index contributed by atoms with van der Waals surface area (Å²) in [7, 11) is 0. The molecule has 0 amide bonds. The highest BCUT2D eigenvalue weighted by Crippen LogP contribution is 2.28. The predicted octanol–water partition coefficient (Wildman–Crippen LogP) is 2.34. The van der Waals surface area contributed by atoms with E-state index >= 15 is 0 Å². The fraction of sp³-hybridized carbons (Fsp3) is 0.273. The van der Waals surface area contributed by atoms with Gasteiger partial charge in [0.1, 0.15) is 5.25 Å². The number of aromatic carboxylic acids is 1. The number of rotatable bonds is 5. The second kappa shape index (κ2) is 5.55. The normalized spacial score (nSPS) is 12.1. The summed E-state index contributed by atoms with van der Waals surface area (Å²) in [4.78, 5) is 22.2. The Morgan fingerprint density at radius 1 is 1.31 bits per heavy atom. The zero-order valence-electron chi connectivity index (χ0n) is 8.71. The highest BCUT2D eigenvalue weighted by molar-refractivity contribution is 8.00. The summed E-state index contributed by atoms with van der Waals surface area (Å²) in [6, 6.07) is 6.41. The van der Waals surface area contributed by atoms with Gasteiger partial charge in [-0.15, -0.1) is 11.8 Å². The van der Waals surface area contributed by atoms with Crippen LogP contribution < -0.4 is 0 Å². The molecule has 0 spiro atoms. The standard InChI is InChI=1S/C11H12O4S/c1-2-8(11(14)15)16-9-6-4-3-5-7(9)10(12)13/h3-6,8H,2H2,1H3,(H,12,13)(H,14,15)/t8-/m0/s1. The van der Waals surface area contributed by atoms with Crippen LogP contribution in [-0.4, -0.2) is 27.4 Å². The molecule has 1 aromatic carbocycles. The van der Waals surface area contributed by atoms with Crippen molar-refractivity contribution in [1.29, 1.82) is 0 Å². The number of hydrogen-bond donors (Lipinski definition) is 2. The number of thioether (sulfide) groups is 1. The van der Waals surface area contributed by atoms with E-state index in [0.717, 1.165) is 11.8 Å². The first-order valence-corrected chi connectivity index (χ1v) is 5.66. The van der Waals surface area contributed by atoms with E-state index in [9.17, 15) is 9.59 Å². The van der Waals surface area contributed by atoms with Crippen molar-refractivity contribution in [1.82, 2.24) is 0 Å². The lowest BCUT2D eigenvalue weighted by Gasteiger charge is -2.10. The van der Waals surface area contributed by atoms with Gasteiger partial charge in [0.15, 0.2) is 0 Å². The third kappa shape index (κ3) is 3.00. The topological polar surface area (TPSA) is 74.6 Å². The van der Waals surface area contributed by atoms with E-state index in [4.69, 9.17) is 10.2 Å². The monoisotopic (exact) mass is 240 g/mol. The number of carboxylic acid groups (broad SMARTS) is 2. The summed E-state index contributed by atoms with van der Waals surface area (Å²) in [5.41, 5.74) is 0.146. The smallest absolute Gasteiger partial charge is 0.336 e. The quantitative estimate of drug-likeness (QED) is 0.773. The molecule has 0 aliphatic heterocycles. The zero-order valence-corrected chi connectivity index (χ0v) is 9.53. The average Bonchev–Trinajstić information content (AvgIpc) is 2.25. The molecule has 16 heavy (non-hydrogen) atoms. The molecule has 0 aliphatic rings. The zero-order chi connectivity index (χ0) is 12.1. The van der Waals surface area contributed by atoms with E-state index in [1.807, 2.05) is 0 Å². The van der Waals surface area contributed by atoms with Crippen LogP contribution in [0.25, 0.3) is 0 Å². The molecule has 0 aliphatic carbocycles. The van der Waals surface area contributed by atoms with Crippen LogP contribution in [0.3, 0.4) is 0 Å². The van der Waals surface area contributed by atoms with Crippen molar-refractivity contribution in [3.8, 4) is 0 Å².